The molecule has 0 fully saturated rings. The normalized spacial score (nSPS) is 12.3. The maximum absolute atomic E-state index is 12.1. The zero-order chi connectivity index (χ0) is 13.3. The Balaban J connectivity index is 2.39. The molecule has 0 aliphatic heterocycles. The number of likely N-dealkylation sites (N-methyl/N-ethyl adjacent to an activating group) is 1. The van der Waals surface area contributed by atoms with Crippen LogP contribution in [0.2, 0.25) is 0 Å². The second-order valence-corrected chi connectivity index (χ2v) is 3.86. The number of hydrogen-bond donors (Lipinski definition) is 1. The van der Waals surface area contributed by atoms with Gasteiger partial charge in [-0.2, -0.15) is 0 Å². The lowest BCUT2D eigenvalue weighted by molar-refractivity contribution is -0.141. The van der Waals surface area contributed by atoms with Gasteiger partial charge in [-0.3, -0.25) is 4.79 Å². The predicted octanol–water partition coefficient (Wildman–Crippen LogP) is 0.274. The van der Waals surface area contributed by atoms with Crippen LogP contribution >= 0.6 is 0 Å². The minimum absolute atomic E-state index is 0.137. The molecule has 2 rings (SSSR count). The van der Waals surface area contributed by atoms with Crippen LogP contribution in [0.5, 0.6) is 0 Å². The molecule has 2 aromatic heterocycles. The molecule has 0 saturated carbocycles. The monoisotopic (exact) mass is 248 g/mol. The molecular weight excluding hydrogens is 236 g/mol. The van der Waals surface area contributed by atoms with E-state index < -0.39 is 17.9 Å². The Labute approximate surface area is 103 Å². The summed E-state index contributed by atoms with van der Waals surface area (Å²) in [5.74, 6) is -1.54. The summed E-state index contributed by atoms with van der Waals surface area (Å²) in [6.45, 7) is 1.44. The lowest BCUT2D eigenvalue weighted by Gasteiger charge is -2.20. The molecule has 18 heavy (non-hydrogen) atoms. The van der Waals surface area contributed by atoms with Crippen molar-refractivity contribution in [2.45, 2.75) is 13.0 Å². The largest absolute Gasteiger partial charge is 0.480 e. The van der Waals surface area contributed by atoms with Crippen LogP contribution in [-0.4, -0.2) is 49.3 Å². The van der Waals surface area contributed by atoms with E-state index in [1.165, 1.54) is 20.2 Å². The van der Waals surface area contributed by atoms with Gasteiger partial charge in [0.1, 0.15) is 6.04 Å². The van der Waals surface area contributed by atoms with Crippen molar-refractivity contribution < 1.29 is 14.7 Å². The number of imidazole rings is 1. The topological polar surface area (TPSA) is 87.8 Å². The first-order valence-electron chi connectivity index (χ1n) is 5.30. The lowest BCUT2D eigenvalue weighted by Crippen LogP contribution is -2.40. The number of fused-ring (bicyclic) bond motifs is 1. The Morgan fingerprint density at radius 3 is 2.56 bits per heavy atom. The van der Waals surface area contributed by atoms with Crippen molar-refractivity contribution >= 4 is 17.5 Å². The van der Waals surface area contributed by atoms with E-state index in [-0.39, 0.29) is 5.69 Å². The summed E-state index contributed by atoms with van der Waals surface area (Å²) in [5, 5.41) is 8.89. The standard InChI is InChI=1S/C11H12N4O3/c1-7(11(17)18)14(2)10(16)8-9-13-4-6-15(9)5-3-12-8/h3-7H,1-2H3,(H,17,18). The maximum atomic E-state index is 12.1. The van der Waals surface area contributed by atoms with E-state index in [4.69, 9.17) is 5.11 Å². The van der Waals surface area contributed by atoms with E-state index in [9.17, 15) is 9.59 Å². The van der Waals surface area contributed by atoms with E-state index >= 15 is 0 Å². The average Bonchev–Trinajstić information content (AvgIpc) is 2.83. The van der Waals surface area contributed by atoms with E-state index in [0.29, 0.717) is 5.65 Å². The van der Waals surface area contributed by atoms with Crippen molar-refractivity contribution in [2.24, 2.45) is 0 Å². The van der Waals surface area contributed by atoms with Crippen LogP contribution in [0.1, 0.15) is 17.4 Å². The van der Waals surface area contributed by atoms with Gasteiger partial charge in [-0.25, -0.2) is 14.8 Å². The molecular formula is C11H12N4O3. The number of nitrogens with zero attached hydrogens (tertiary/aromatic N) is 4. The fourth-order valence-electron chi connectivity index (χ4n) is 1.51. The van der Waals surface area contributed by atoms with Crippen LogP contribution in [-0.2, 0) is 4.79 Å². The number of rotatable bonds is 3. The first kappa shape index (κ1) is 12.0. The number of amides is 1. The van der Waals surface area contributed by atoms with Gasteiger partial charge < -0.3 is 14.4 Å². The van der Waals surface area contributed by atoms with Crippen LogP contribution in [0.25, 0.3) is 5.65 Å². The molecule has 1 atom stereocenters. The molecule has 0 spiro atoms. The number of aliphatic carboxylic acids is 1. The lowest BCUT2D eigenvalue weighted by atomic mass is 10.2. The number of carbonyl (C=O) groups excluding carboxylic acids is 1. The number of carbonyl (C=O) groups is 2. The molecule has 7 nitrogen and oxygen atoms in total. The molecule has 0 aromatic carbocycles. The molecule has 7 heteroatoms. The minimum Gasteiger partial charge on any atom is -0.480 e. The van der Waals surface area contributed by atoms with E-state index in [2.05, 4.69) is 9.97 Å². The van der Waals surface area contributed by atoms with Gasteiger partial charge in [0.15, 0.2) is 11.3 Å². The van der Waals surface area contributed by atoms with Gasteiger partial charge in [-0.15, -0.1) is 0 Å². The molecule has 1 unspecified atom stereocenters. The summed E-state index contributed by atoms with van der Waals surface area (Å²) >= 11 is 0. The fourth-order valence-corrected chi connectivity index (χ4v) is 1.51. The van der Waals surface area contributed by atoms with Crippen molar-refractivity contribution in [3.05, 3.63) is 30.5 Å². The molecule has 1 amide bonds. The van der Waals surface area contributed by atoms with E-state index in [1.807, 2.05) is 0 Å². The quantitative estimate of drug-likeness (QED) is 0.842. The van der Waals surface area contributed by atoms with Crippen molar-refractivity contribution in [3.8, 4) is 0 Å². The second kappa shape index (κ2) is 4.44. The highest BCUT2D eigenvalue weighted by Crippen LogP contribution is 2.09. The van der Waals surface area contributed by atoms with Crippen molar-refractivity contribution in [1.82, 2.24) is 19.3 Å². The van der Waals surface area contributed by atoms with Crippen molar-refractivity contribution in [1.29, 1.82) is 0 Å². The zero-order valence-electron chi connectivity index (χ0n) is 9.94. The van der Waals surface area contributed by atoms with Crippen LogP contribution in [0.3, 0.4) is 0 Å². The van der Waals surface area contributed by atoms with E-state index in [1.54, 1.807) is 23.0 Å². The van der Waals surface area contributed by atoms with Gasteiger partial charge >= 0.3 is 5.97 Å². The van der Waals surface area contributed by atoms with Crippen molar-refractivity contribution in [3.63, 3.8) is 0 Å². The van der Waals surface area contributed by atoms with Gasteiger partial charge in [-0.05, 0) is 6.92 Å². The third-order valence-corrected chi connectivity index (χ3v) is 2.77. The highest BCUT2D eigenvalue weighted by Gasteiger charge is 2.25. The third-order valence-electron chi connectivity index (χ3n) is 2.77. The first-order chi connectivity index (χ1) is 8.52. The van der Waals surface area contributed by atoms with Crippen LogP contribution in [0.4, 0.5) is 0 Å². The molecule has 0 bridgehead atoms. The van der Waals surface area contributed by atoms with Gasteiger partial charge in [0, 0.05) is 31.8 Å². The summed E-state index contributed by atoms with van der Waals surface area (Å²) in [6.07, 6.45) is 6.38. The summed E-state index contributed by atoms with van der Waals surface area (Å²) in [4.78, 5) is 32.1. The Morgan fingerprint density at radius 2 is 1.94 bits per heavy atom. The second-order valence-electron chi connectivity index (χ2n) is 3.86. The zero-order valence-corrected chi connectivity index (χ0v) is 9.94. The number of hydrogen-bond acceptors (Lipinski definition) is 4. The third kappa shape index (κ3) is 1.90. The number of aromatic nitrogens is 3. The highest BCUT2D eigenvalue weighted by molar-refractivity contribution is 5.99. The molecule has 94 valence electrons. The van der Waals surface area contributed by atoms with Crippen LogP contribution in [0.15, 0.2) is 24.8 Å². The highest BCUT2D eigenvalue weighted by atomic mass is 16.4. The first-order valence-corrected chi connectivity index (χ1v) is 5.30. The summed E-state index contributed by atoms with van der Waals surface area (Å²) in [7, 11) is 1.43. The molecule has 0 aliphatic rings. The Hall–Kier alpha value is -2.44. The molecule has 2 aromatic rings. The minimum atomic E-state index is -1.07. The SMILES string of the molecule is CC(C(=O)O)N(C)C(=O)c1nccn2ccnc12. The van der Waals surface area contributed by atoms with E-state index in [0.717, 1.165) is 4.90 Å². The van der Waals surface area contributed by atoms with Gasteiger partial charge in [0.25, 0.3) is 5.91 Å². The molecule has 2 heterocycles. The Morgan fingerprint density at radius 1 is 1.33 bits per heavy atom. The van der Waals surface area contributed by atoms with Crippen molar-refractivity contribution in [2.75, 3.05) is 7.05 Å². The fraction of sp³-hybridized carbons (Fsp3) is 0.273. The Kier molecular flexibility index (Phi) is 2.97. The molecule has 0 saturated heterocycles. The average molecular weight is 248 g/mol. The maximum Gasteiger partial charge on any atom is 0.326 e. The van der Waals surface area contributed by atoms with Crippen LogP contribution < -0.4 is 0 Å². The molecule has 0 aliphatic carbocycles. The summed E-state index contributed by atoms with van der Waals surface area (Å²) < 4.78 is 1.65. The predicted molar refractivity (Wildman–Crippen MR) is 62.2 cm³/mol. The number of carboxylic acids is 1. The molecule has 0 radical (unpaired) electrons. The molecule has 1 N–H and O–H groups in total. The smallest absolute Gasteiger partial charge is 0.326 e. The van der Waals surface area contributed by atoms with Gasteiger partial charge in [-0.1, -0.05) is 0 Å². The van der Waals surface area contributed by atoms with Gasteiger partial charge in [0.05, 0.1) is 0 Å². The van der Waals surface area contributed by atoms with Crippen LogP contribution in [0, 0.1) is 0 Å². The summed E-state index contributed by atoms with van der Waals surface area (Å²) in [6, 6.07) is -0.922. The summed E-state index contributed by atoms with van der Waals surface area (Å²) in [5.41, 5.74) is 0.546. The van der Waals surface area contributed by atoms with Gasteiger partial charge in [0.2, 0.25) is 0 Å². The Bertz CT molecular complexity index is 607. The number of carboxylic acid groups (broad SMARTS) is 1.